The van der Waals surface area contributed by atoms with Gasteiger partial charge < -0.3 is 26.7 Å². The van der Waals surface area contributed by atoms with Crippen molar-refractivity contribution in [2.24, 2.45) is 28.6 Å². The summed E-state index contributed by atoms with van der Waals surface area (Å²) in [6.07, 6.45) is 9.22. The fourth-order valence-electron chi connectivity index (χ4n) is 3.98. The van der Waals surface area contributed by atoms with Gasteiger partial charge in [-0.2, -0.15) is 5.10 Å². The van der Waals surface area contributed by atoms with E-state index in [0.29, 0.717) is 11.8 Å². The molecular weight excluding hydrogens is 328 g/mol. The van der Waals surface area contributed by atoms with Crippen molar-refractivity contribution in [3.05, 3.63) is 29.8 Å². The molecule has 2 unspecified atom stereocenters. The molecule has 0 bridgehead atoms. The van der Waals surface area contributed by atoms with Crippen molar-refractivity contribution in [2.45, 2.75) is 44.6 Å². The third-order valence-electron chi connectivity index (χ3n) is 5.43. The molecule has 2 atom stereocenters. The van der Waals surface area contributed by atoms with E-state index < -0.39 is 0 Å². The normalized spacial score (nSPS) is 23.7. The zero-order valence-corrected chi connectivity index (χ0v) is 15.6. The first kappa shape index (κ1) is 20.2. The van der Waals surface area contributed by atoms with Crippen LogP contribution in [0.5, 0.6) is 0 Å². The summed E-state index contributed by atoms with van der Waals surface area (Å²) in [5.41, 5.74) is 4.29. The summed E-state index contributed by atoms with van der Waals surface area (Å²) in [6, 6.07) is 7.74. The molecule has 1 saturated carbocycles. The minimum Gasteiger partial charge on any atom is -0.388 e. The first-order valence-corrected chi connectivity index (χ1v) is 9.44. The molecule has 26 heavy (non-hydrogen) atoms. The summed E-state index contributed by atoms with van der Waals surface area (Å²) in [5.74, 6) is 12.3. The van der Waals surface area contributed by atoms with Crippen LogP contribution in [0, 0.1) is 11.8 Å². The molecule has 0 aromatic heterocycles. The van der Waals surface area contributed by atoms with Crippen LogP contribution in [0.15, 0.2) is 29.4 Å². The van der Waals surface area contributed by atoms with E-state index in [4.69, 9.17) is 11.7 Å². The number of nitrogens with two attached hydrogens (primary N) is 2. The van der Waals surface area contributed by atoms with Crippen LogP contribution in [0.2, 0.25) is 0 Å². The number of hydrazine groups is 1. The van der Waals surface area contributed by atoms with Gasteiger partial charge in [0.05, 0.1) is 6.04 Å². The summed E-state index contributed by atoms with van der Waals surface area (Å²) in [6.45, 7) is 1.05. The number of benzene rings is 1. The molecule has 1 aromatic carbocycles. The molecule has 0 spiro atoms. The fourth-order valence-corrected chi connectivity index (χ4v) is 3.98. The standard InChI is InChI=1S/C11H19NO.C8H13N5/c13-8-11-10(6-7-12-11)9-4-2-1-3-5-9;1-11-7-4-2-6(3-5-7)8(12-9)13-10/h8-12H,1-7H2;2-5,11H,9-10H2,1H3,(H,12,13). The van der Waals surface area contributed by atoms with Crippen LogP contribution in [0.3, 0.4) is 0 Å². The van der Waals surface area contributed by atoms with Gasteiger partial charge in [-0.1, -0.05) is 32.1 Å². The number of rotatable bonds is 4. The van der Waals surface area contributed by atoms with Gasteiger partial charge in [-0.15, -0.1) is 0 Å². The van der Waals surface area contributed by atoms with Crippen molar-refractivity contribution in [2.75, 3.05) is 18.9 Å². The largest absolute Gasteiger partial charge is 0.388 e. The fraction of sp³-hybridized carbons (Fsp3) is 0.579. The Morgan fingerprint density at radius 3 is 2.42 bits per heavy atom. The van der Waals surface area contributed by atoms with Gasteiger partial charge in [0.25, 0.3) is 0 Å². The molecule has 0 amide bonds. The Labute approximate surface area is 155 Å². The second-order valence-electron chi connectivity index (χ2n) is 6.92. The van der Waals surface area contributed by atoms with E-state index in [1.54, 1.807) is 0 Å². The molecular formula is C19H32N6O. The summed E-state index contributed by atoms with van der Waals surface area (Å²) in [4.78, 5) is 10.8. The average Bonchev–Trinajstić information content (AvgIpc) is 3.19. The molecule has 7 nitrogen and oxygen atoms in total. The lowest BCUT2D eigenvalue weighted by atomic mass is 9.77. The average molecular weight is 361 g/mol. The van der Waals surface area contributed by atoms with Crippen molar-refractivity contribution in [1.82, 2.24) is 10.7 Å². The Balaban J connectivity index is 0.000000187. The van der Waals surface area contributed by atoms with E-state index in [0.717, 1.165) is 30.0 Å². The lowest BCUT2D eigenvalue weighted by Crippen LogP contribution is -2.33. The van der Waals surface area contributed by atoms with Crippen molar-refractivity contribution in [3.63, 3.8) is 0 Å². The summed E-state index contributed by atoms with van der Waals surface area (Å²) in [5, 5.41) is 9.78. The van der Waals surface area contributed by atoms with E-state index in [1.165, 1.54) is 38.5 Å². The molecule has 0 radical (unpaired) electrons. The van der Waals surface area contributed by atoms with E-state index in [9.17, 15) is 4.79 Å². The molecule has 2 aliphatic rings. The summed E-state index contributed by atoms with van der Waals surface area (Å²) >= 11 is 0. The molecule has 1 aliphatic carbocycles. The minimum absolute atomic E-state index is 0.170. The zero-order valence-electron chi connectivity index (χ0n) is 15.6. The maximum atomic E-state index is 10.8. The highest BCUT2D eigenvalue weighted by Crippen LogP contribution is 2.34. The van der Waals surface area contributed by atoms with Gasteiger partial charge in [0.1, 0.15) is 6.29 Å². The van der Waals surface area contributed by atoms with Crippen molar-refractivity contribution in [3.8, 4) is 0 Å². The molecule has 7 heteroatoms. The molecule has 144 valence electrons. The van der Waals surface area contributed by atoms with Crippen LogP contribution in [0.1, 0.15) is 44.1 Å². The Kier molecular flexibility index (Phi) is 8.37. The molecule has 1 heterocycles. The number of hydrazone groups is 1. The third-order valence-corrected chi connectivity index (χ3v) is 5.43. The number of carbonyl (C=O) groups excluding carboxylic acids is 1. The number of hydrogen-bond acceptors (Lipinski definition) is 6. The van der Waals surface area contributed by atoms with E-state index in [1.807, 2.05) is 31.3 Å². The van der Waals surface area contributed by atoms with Gasteiger partial charge in [0.2, 0.25) is 0 Å². The third kappa shape index (κ3) is 5.44. The predicted molar refractivity (Wildman–Crippen MR) is 107 cm³/mol. The number of nitrogens with one attached hydrogen (secondary N) is 3. The molecule has 1 saturated heterocycles. The lowest BCUT2D eigenvalue weighted by Gasteiger charge is -2.29. The zero-order chi connectivity index (χ0) is 18.8. The minimum atomic E-state index is 0.170. The second kappa shape index (κ2) is 10.8. The lowest BCUT2D eigenvalue weighted by molar-refractivity contribution is -0.110. The highest BCUT2D eigenvalue weighted by Gasteiger charge is 2.33. The molecule has 3 rings (SSSR count). The number of aldehydes is 1. The quantitative estimate of drug-likeness (QED) is 0.183. The number of anilines is 1. The SMILES string of the molecule is CNc1ccc(/C(=N/N)NN)cc1.O=CC1NCCC1C1CCCCC1. The first-order chi connectivity index (χ1) is 12.7. The predicted octanol–water partition coefficient (Wildman–Crippen LogP) is 1.56. The highest BCUT2D eigenvalue weighted by atomic mass is 16.1. The van der Waals surface area contributed by atoms with Gasteiger partial charge in [-0.05, 0) is 49.1 Å². The van der Waals surface area contributed by atoms with Crippen LogP contribution >= 0.6 is 0 Å². The Bertz CT molecular complexity index is 568. The summed E-state index contributed by atoms with van der Waals surface area (Å²) in [7, 11) is 1.86. The highest BCUT2D eigenvalue weighted by molar-refractivity contribution is 5.98. The monoisotopic (exact) mass is 360 g/mol. The van der Waals surface area contributed by atoms with Crippen LogP contribution in [0.4, 0.5) is 5.69 Å². The number of nitrogens with zero attached hydrogens (tertiary/aromatic N) is 1. The van der Waals surface area contributed by atoms with E-state index >= 15 is 0 Å². The Hall–Kier alpha value is -2.12. The van der Waals surface area contributed by atoms with E-state index in [2.05, 4.69) is 21.2 Å². The topological polar surface area (TPSA) is 118 Å². The first-order valence-electron chi connectivity index (χ1n) is 9.44. The van der Waals surface area contributed by atoms with Gasteiger partial charge in [-0.3, -0.25) is 0 Å². The molecule has 1 aromatic rings. The van der Waals surface area contributed by atoms with Gasteiger partial charge in [0.15, 0.2) is 5.84 Å². The maximum absolute atomic E-state index is 10.8. The van der Waals surface area contributed by atoms with Gasteiger partial charge in [0, 0.05) is 18.3 Å². The van der Waals surface area contributed by atoms with E-state index in [-0.39, 0.29) is 6.04 Å². The Morgan fingerprint density at radius 1 is 1.19 bits per heavy atom. The van der Waals surface area contributed by atoms with Gasteiger partial charge >= 0.3 is 0 Å². The molecule has 2 fully saturated rings. The van der Waals surface area contributed by atoms with Crippen LogP contribution in [-0.2, 0) is 4.79 Å². The number of hydrogen-bond donors (Lipinski definition) is 5. The van der Waals surface area contributed by atoms with Crippen LogP contribution in [0.25, 0.3) is 0 Å². The van der Waals surface area contributed by atoms with Crippen molar-refractivity contribution < 1.29 is 4.79 Å². The smallest absolute Gasteiger partial charge is 0.166 e. The van der Waals surface area contributed by atoms with Crippen molar-refractivity contribution in [1.29, 1.82) is 0 Å². The summed E-state index contributed by atoms with van der Waals surface area (Å²) < 4.78 is 0. The van der Waals surface area contributed by atoms with Crippen LogP contribution in [-0.4, -0.2) is 31.8 Å². The van der Waals surface area contributed by atoms with Gasteiger partial charge in [-0.25, -0.2) is 5.84 Å². The maximum Gasteiger partial charge on any atom is 0.166 e. The number of amidine groups is 1. The molecule has 1 aliphatic heterocycles. The van der Waals surface area contributed by atoms with Crippen molar-refractivity contribution >= 4 is 17.8 Å². The Morgan fingerprint density at radius 2 is 1.88 bits per heavy atom. The van der Waals surface area contributed by atoms with Crippen LogP contribution < -0.4 is 27.7 Å². The second-order valence-corrected chi connectivity index (χ2v) is 6.92. The number of carbonyl (C=O) groups is 1. The molecule has 7 N–H and O–H groups in total.